The number of hydrogen-bond acceptors (Lipinski definition) is 3. The summed E-state index contributed by atoms with van der Waals surface area (Å²) in [6.45, 7) is 0.699. The van der Waals surface area contributed by atoms with Gasteiger partial charge in [-0.2, -0.15) is 0 Å². The van der Waals surface area contributed by atoms with Gasteiger partial charge >= 0.3 is 0 Å². The van der Waals surface area contributed by atoms with Gasteiger partial charge in [0.15, 0.2) is 0 Å². The molecule has 0 saturated carbocycles. The van der Waals surface area contributed by atoms with Crippen LogP contribution in [0.25, 0.3) is 0 Å². The summed E-state index contributed by atoms with van der Waals surface area (Å²) in [5.74, 6) is 0.0792. The molecule has 110 valence electrons. The second-order valence-electron chi connectivity index (χ2n) is 4.87. The Labute approximate surface area is 124 Å². The first-order valence-corrected chi connectivity index (χ1v) is 6.89. The highest BCUT2D eigenvalue weighted by Gasteiger charge is 2.14. The predicted molar refractivity (Wildman–Crippen MR) is 80.8 cm³/mol. The summed E-state index contributed by atoms with van der Waals surface area (Å²) in [6.07, 6.45) is 0.210. The zero-order chi connectivity index (χ0) is 15.1. The molecule has 0 radical (unpaired) electrons. The molecule has 2 aromatic carbocycles. The maximum absolute atomic E-state index is 12.4. The normalized spacial score (nSPS) is 10.3. The largest absolute Gasteiger partial charge is 0.508 e. The van der Waals surface area contributed by atoms with E-state index in [1.807, 2.05) is 30.3 Å². The number of aliphatic hydroxyl groups excluding tert-OH is 1. The Hall–Kier alpha value is -2.33. The van der Waals surface area contributed by atoms with Gasteiger partial charge < -0.3 is 15.1 Å². The summed E-state index contributed by atoms with van der Waals surface area (Å²) in [7, 11) is 0. The number of carbonyl (C=O) groups is 1. The van der Waals surface area contributed by atoms with E-state index in [2.05, 4.69) is 0 Å². The van der Waals surface area contributed by atoms with E-state index >= 15 is 0 Å². The third-order valence-corrected chi connectivity index (χ3v) is 3.20. The number of aliphatic hydroxyl groups is 1. The molecule has 0 aliphatic carbocycles. The summed E-state index contributed by atoms with van der Waals surface area (Å²) in [5, 5.41) is 18.6. The van der Waals surface area contributed by atoms with Crippen molar-refractivity contribution < 1.29 is 15.0 Å². The van der Waals surface area contributed by atoms with Crippen molar-refractivity contribution in [3.8, 4) is 5.75 Å². The molecule has 0 aromatic heterocycles. The summed E-state index contributed by atoms with van der Waals surface area (Å²) < 4.78 is 0. The van der Waals surface area contributed by atoms with Crippen molar-refractivity contribution >= 4 is 5.91 Å². The fourth-order valence-electron chi connectivity index (χ4n) is 2.17. The first-order chi connectivity index (χ1) is 10.2. The van der Waals surface area contributed by atoms with E-state index in [1.165, 1.54) is 0 Å². The van der Waals surface area contributed by atoms with Gasteiger partial charge in [-0.05, 0) is 23.3 Å². The van der Waals surface area contributed by atoms with Gasteiger partial charge in [0, 0.05) is 13.1 Å². The van der Waals surface area contributed by atoms with E-state index in [-0.39, 0.29) is 24.7 Å². The fraction of sp³-hybridized carbons (Fsp3) is 0.235. The zero-order valence-electron chi connectivity index (χ0n) is 11.8. The number of carbonyl (C=O) groups excluding carboxylic acids is 1. The van der Waals surface area contributed by atoms with Crippen LogP contribution in [0.15, 0.2) is 54.6 Å². The van der Waals surface area contributed by atoms with Crippen LogP contribution in [0.5, 0.6) is 5.75 Å². The molecule has 0 bridgehead atoms. The molecule has 2 aromatic rings. The average Bonchev–Trinajstić information content (AvgIpc) is 2.48. The third-order valence-electron chi connectivity index (χ3n) is 3.20. The molecule has 2 rings (SSSR count). The molecule has 0 atom stereocenters. The van der Waals surface area contributed by atoms with Gasteiger partial charge in [-0.3, -0.25) is 4.79 Å². The monoisotopic (exact) mass is 285 g/mol. The number of phenolic OH excluding ortho intramolecular Hbond substituents is 1. The van der Waals surface area contributed by atoms with Crippen molar-refractivity contribution in [2.75, 3.05) is 13.2 Å². The Morgan fingerprint density at radius 2 is 1.71 bits per heavy atom. The quantitative estimate of drug-likeness (QED) is 0.853. The fourth-order valence-corrected chi connectivity index (χ4v) is 2.17. The van der Waals surface area contributed by atoms with Crippen LogP contribution in [-0.4, -0.2) is 34.2 Å². The lowest BCUT2D eigenvalue weighted by atomic mass is 10.1. The Bertz CT molecular complexity index is 584. The van der Waals surface area contributed by atoms with E-state index in [0.717, 1.165) is 11.1 Å². The smallest absolute Gasteiger partial charge is 0.227 e. The number of benzene rings is 2. The number of aromatic hydroxyl groups is 1. The van der Waals surface area contributed by atoms with Crippen molar-refractivity contribution in [2.45, 2.75) is 13.0 Å². The van der Waals surface area contributed by atoms with E-state index < -0.39 is 0 Å². The van der Waals surface area contributed by atoms with Crippen molar-refractivity contribution in [1.82, 2.24) is 4.90 Å². The molecule has 4 heteroatoms. The number of amides is 1. The van der Waals surface area contributed by atoms with Crippen LogP contribution in [0.3, 0.4) is 0 Å². The van der Waals surface area contributed by atoms with Crippen LogP contribution in [0.4, 0.5) is 0 Å². The second kappa shape index (κ2) is 7.45. The SMILES string of the molecule is O=C(Cc1cccc(O)c1)N(CCO)Cc1ccccc1. The molecular formula is C17H19NO3. The molecule has 0 spiro atoms. The van der Waals surface area contributed by atoms with Gasteiger partial charge in [-0.25, -0.2) is 0 Å². The summed E-state index contributed by atoms with van der Waals surface area (Å²) >= 11 is 0. The highest BCUT2D eigenvalue weighted by Crippen LogP contribution is 2.13. The molecule has 0 heterocycles. The number of phenols is 1. The molecule has 0 saturated heterocycles. The lowest BCUT2D eigenvalue weighted by Gasteiger charge is -2.22. The number of hydrogen-bond donors (Lipinski definition) is 2. The van der Waals surface area contributed by atoms with Crippen molar-refractivity contribution in [2.24, 2.45) is 0 Å². The standard InChI is InChI=1S/C17H19NO3/c19-10-9-18(13-14-5-2-1-3-6-14)17(21)12-15-7-4-8-16(20)11-15/h1-8,11,19-20H,9-10,12-13H2. The predicted octanol–water partition coefficient (Wildman–Crippen LogP) is 1.96. The van der Waals surface area contributed by atoms with Gasteiger partial charge in [0.25, 0.3) is 0 Å². The molecule has 0 fully saturated rings. The van der Waals surface area contributed by atoms with Crippen molar-refractivity contribution in [3.63, 3.8) is 0 Å². The minimum atomic E-state index is -0.0708. The highest BCUT2D eigenvalue weighted by atomic mass is 16.3. The summed E-state index contributed by atoms with van der Waals surface area (Å²) in [6, 6.07) is 16.3. The minimum absolute atomic E-state index is 0.0708. The molecule has 1 amide bonds. The van der Waals surface area contributed by atoms with Crippen LogP contribution in [0.1, 0.15) is 11.1 Å². The molecule has 4 nitrogen and oxygen atoms in total. The van der Waals surface area contributed by atoms with Crippen LogP contribution in [0.2, 0.25) is 0 Å². The van der Waals surface area contributed by atoms with Gasteiger partial charge in [-0.15, -0.1) is 0 Å². The third kappa shape index (κ3) is 4.61. The van der Waals surface area contributed by atoms with Crippen LogP contribution in [-0.2, 0) is 17.8 Å². The number of rotatable bonds is 6. The number of nitrogens with zero attached hydrogens (tertiary/aromatic N) is 1. The Kier molecular flexibility index (Phi) is 5.35. The Morgan fingerprint density at radius 3 is 2.38 bits per heavy atom. The van der Waals surface area contributed by atoms with Crippen LogP contribution in [0, 0.1) is 0 Å². The van der Waals surface area contributed by atoms with Crippen molar-refractivity contribution in [3.05, 3.63) is 65.7 Å². The van der Waals surface area contributed by atoms with E-state index in [9.17, 15) is 9.90 Å². The minimum Gasteiger partial charge on any atom is -0.508 e. The maximum Gasteiger partial charge on any atom is 0.227 e. The van der Waals surface area contributed by atoms with Gasteiger partial charge in [0.2, 0.25) is 5.91 Å². The maximum atomic E-state index is 12.4. The lowest BCUT2D eigenvalue weighted by molar-refractivity contribution is -0.131. The average molecular weight is 285 g/mol. The zero-order valence-corrected chi connectivity index (χ0v) is 11.8. The molecule has 2 N–H and O–H groups in total. The van der Waals surface area contributed by atoms with E-state index in [0.29, 0.717) is 13.1 Å². The Balaban J connectivity index is 2.05. The first-order valence-electron chi connectivity index (χ1n) is 6.89. The van der Waals surface area contributed by atoms with Gasteiger partial charge in [-0.1, -0.05) is 42.5 Å². The molecule has 0 unspecified atom stereocenters. The lowest BCUT2D eigenvalue weighted by Crippen LogP contribution is -2.34. The summed E-state index contributed by atoms with van der Waals surface area (Å²) in [4.78, 5) is 14.0. The molecule has 0 aliphatic rings. The highest BCUT2D eigenvalue weighted by molar-refractivity contribution is 5.78. The molecule has 21 heavy (non-hydrogen) atoms. The van der Waals surface area contributed by atoms with E-state index in [1.54, 1.807) is 29.2 Å². The van der Waals surface area contributed by atoms with Crippen LogP contribution < -0.4 is 0 Å². The van der Waals surface area contributed by atoms with Gasteiger partial charge in [0.1, 0.15) is 5.75 Å². The van der Waals surface area contributed by atoms with Crippen molar-refractivity contribution in [1.29, 1.82) is 0 Å². The van der Waals surface area contributed by atoms with Gasteiger partial charge in [0.05, 0.1) is 13.0 Å². The topological polar surface area (TPSA) is 60.8 Å². The molecular weight excluding hydrogens is 266 g/mol. The van der Waals surface area contributed by atoms with E-state index in [4.69, 9.17) is 5.11 Å². The molecule has 0 aliphatic heterocycles. The van der Waals surface area contributed by atoms with Crippen LogP contribution >= 0.6 is 0 Å². The first kappa shape index (κ1) is 15.1. The summed E-state index contributed by atoms with van der Waals surface area (Å²) in [5.41, 5.74) is 1.78. The Morgan fingerprint density at radius 1 is 1.00 bits per heavy atom. The second-order valence-corrected chi connectivity index (χ2v) is 4.87.